The molecule has 110 valence electrons. The van der Waals surface area contributed by atoms with Crippen molar-refractivity contribution in [2.24, 2.45) is 5.41 Å². The van der Waals surface area contributed by atoms with Crippen LogP contribution in [0, 0.1) is 5.41 Å². The van der Waals surface area contributed by atoms with Gasteiger partial charge in [-0.05, 0) is 57.4 Å². The summed E-state index contributed by atoms with van der Waals surface area (Å²) in [6.45, 7) is 10.9. The van der Waals surface area contributed by atoms with Crippen molar-refractivity contribution in [2.45, 2.75) is 60.3 Å². The highest BCUT2D eigenvalue weighted by Gasteiger charge is 2.27. The third kappa shape index (κ3) is 4.96. The highest BCUT2D eigenvalue weighted by molar-refractivity contribution is 5.72. The quantitative estimate of drug-likeness (QED) is 0.277. The molecule has 0 heterocycles. The molecule has 0 amide bonds. The number of allylic oxidation sites excluding steroid dienone is 8. The molecule has 0 spiro atoms. The van der Waals surface area contributed by atoms with E-state index in [2.05, 4.69) is 39.8 Å². The summed E-state index contributed by atoms with van der Waals surface area (Å²) in [5, 5.41) is 0. The Balaban J connectivity index is 2.74. The van der Waals surface area contributed by atoms with Crippen molar-refractivity contribution in [3.8, 4) is 0 Å². The molecule has 0 aromatic carbocycles. The van der Waals surface area contributed by atoms with Crippen LogP contribution in [-0.4, -0.2) is 6.29 Å². The Kier molecular flexibility index (Phi) is 6.19. The Bertz CT molecular complexity index is 470. The molecule has 0 saturated carbocycles. The van der Waals surface area contributed by atoms with Crippen LogP contribution in [0.1, 0.15) is 60.3 Å². The van der Waals surface area contributed by atoms with Crippen LogP contribution in [0.5, 0.6) is 0 Å². The molecule has 1 aliphatic carbocycles. The van der Waals surface area contributed by atoms with Crippen molar-refractivity contribution < 1.29 is 4.79 Å². The Hall–Kier alpha value is -1.37. The van der Waals surface area contributed by atoms with Crippen molar-refractivity contribution in [1.29, 1.82) is 0 Å². The number of carbonyl (C=O) groups excluding carboxylic acids is 1. The lowest BCUT2D eigenvalue weighted by Crippen LogP contribution is -2.20. The molecular weight excluding hydrogens is 244 g/mol. The van der Waals surface area contributed by atoms with Gasteiger partial charge in [-0.3, -0.25) is 4.79 Å². The van der Waals surface area contributed by atoms with Gasteiger partial charge in [-0.25, -0.2) is 0 Å². The van der Waals surface area contributed by atoms with Gasteiger partial charge < -0.3 is 0 Å². The number of hydrogen-bond acceptors (Lipinski definition) is 1. The second kappa shape index (κ2) is 7.42. The molecular formula is C19H28O. The van der Waals surface area contributed by atoms with E-state index >= 15 is 0 Å². The lowest BCUT2D eigenvalue weighted by atomic mass is 9.71. The summed E-state index contributed by atoms with van der Waals surface area (Å²) in [6.07, 6.45) is 14.0. The van der Waals surface area contributed by atoms with E-state index in [-0.39, 0.29) is 0 Å². The van der Waals surface area contributed by atoms with E-state index in [0.717, 1.165) is 18.3 Å². The van der Waals surface area contributed by atoms with Crippen LogP contribution < -0.4 is 0 Å². The zero-order chi connectivity index (χ0) is 15.2. The minimum atomic E-state index is 0.344. The van der Waals surface area contributed by atoms with E-state index < -0.39 is 0 Å². The van der Waals surface area contributed by atoms with Crippen molar-refractivity contribution in [2.75, 3.05) is 0 Å². The van der Waals surface area contributed by atoms with Gasteiger partial charge in [-0.1, -0.05) is 54.9 Å². The van der Waals surface area contributed by atoms with E-state index in [1.807, 2.05) is 19.1 Å². The predicted molar refractivity (Wildman–Crippen MR) is 87.7 cm³/mol. The highest BCUT2D eigenvalue weighted by atomic mass is 16.1. The van der Waals surface area contributed by atoms with E-state index in [1.54, 1.807) is 11.1 Å². The van der Waals surface area contributed by atoms with Gasteiger partial charge in [-0.15, -0.1) is 0 Å². The maximum absolute atomic E-state index is 10.5. The fraction of sp³-hybridized carbons (Fsp3) is 0.526. The average Bonchev–Trinajstić information content (AvgIpc) is 2.37. The number of carbonyl (C=O) groups is 1. The van der Waals surface area contributed by atoms with Gasteiger partial charge in [0.15, 0.2) is 0 Å². The van der Waals surface area contributed by atoms with Crippen LogP contribution in [-0.2, 0) is 4.79 Å². The second-order valence-corrected chi connectivity index (χ2v) is 6.54. The largest absolute Gasteiger partial charge is 0.298 e. The normalized spacial score (nSPS) is 20.6. The molecule has 20 heavy (non-hydrogen) atoms. The van der Waals surface area contributed by atoms with Gasteiger partial charge in [0.2, 0.25) is 0 Å². The lowest BCUT2D eigenvalue weighted by molar-refractivity contribution is -0.104. The van der Waals surface area contributed by atoms with Crippen molar-refractivity contribution in [1.82, 2.24) is 0 Å². The minimum absolute atomic E-state index is 0.344. The van der Waals surface area contributed by atoms with Gasteiger partial charge in [-0.2, -0.15) is 0 Å². The van der Waals surface area contributed by atoms with Crippen molar-refractivity contribution >= 4 is 6.29 Å². The SMILES string of the molecule is CC(C=O)=CC=CC(C)=CCC1=C(C)CCCC1(C)C. The fourth-order valence-corrected chi connectivity index (χ4v) is 2.85. The molecule has 1 heteroatoms. The molecule has 0 aromatic heterocycles. The summed E-state index contributed by atoms with van der Waals surface area (Å²) in [6, 6.07) is 0. The second-order valence-electron chi connectivity index (χ2n) is 6.54. The Morgan fingerprint density at radius 3 is 2.55 bits per heavy atom. The van der Waals surface area contributed by atoms with Crippen LogP contribution in [0.2, 0.25) is 0 Å². The fourth-order valence-electron chi connectivity index (χ4n) is 2.85. The summed E-state index contributed by atoms with van der Waals surface area (Å²) in [5.41, 5.74) is 5.53. The first-order chi connectivity index (χ1) is 9.36. The standard InChI is InChI=1S/C19H28O/c1-15(8-6-9-16(2)14-20)11-12-18-17(3)10-7-13-19(18,4)5/h6,8-9,11,14H,7,10,12-13H2,1-5H3. The number of aldehydes is 1. The van der Waals surface area contributed by atoms with Gasteiger partial charge in [0.05, 0.1) is 0 Å². The number of rotatable bonds is 5. The van der Waals surface area contributed by atoms with Crippen molar-refractivity contribution in [3.05, 3.63) is 46.6 Å². The third-order valence-electron chi connectivity index (χ3n) is 4.22. The molecule has 0 unspecified atom stereocenters. The summed E-state index contributed by atoms with van der Waals surface area (Å²) < 4.78 is 0. The Labute approximate surface area is 124 Å². The summed E-state index contributed by atoms with van der Waals surface area (Å²) in [4.78, 5) is 10.5. The topological polar surface area (TPSA) is 17.1 Å². The lowest BCUT2D eigenvalue weighted by Gasteiger charge is -2.34. The first kappa shape index (κ1) is 16.7. The molecule has 0 radical (unpaired) electrons. The molecule has 0 saturated heterocycles. The minimum Gasteiger partial charge on any atom is -0.298 e. The highest BCUT2D eigenvalue weighted by Crippen LogP contribution is 2.41. The third-order valence-corrected chi connectivity index (χ3v) is 4.22. The van der Waals surface area contributed by atoms with Gasteiger partial charge in [0.25, 0.3) is 0 Å². The Morgan fingerprint density at radius 2 is 1.95 bits per heavy atom. The number of hydrogen-bond donors (Lipinski definition) is 0. The molecule has 0 aromatic rings. The van der Waals surface area contributed by atoms with Gasteiger partial charge in [0.1, 0.15) is 6.29 Å². The van der Waals surface area contributed by atoms with E-state index in [1.165, 1.54) is 24.8 Å². The van der Waals surface area contributed by atoms with Crippen molar-refractivity contribution in [3.63, 3.8) is 0 Å². The monoisotopic (exact) mass is 272 g/mol. The summed E-state index contributed by atoms with van der Waals surface area (Å²) in [7, 11) is 0. The smallest absolute Gasteiger partial charge is 0.145 e. The van der Waals surface area contributed by atoms with Crippen LogP contribution >= 0.6 is 0 Å². The molecule has 1 aliphatic rings. The summed E-state index contributed by atoms with van der Waals surface area (Å²) in [5.74, 6) is 0. The van der Waals surface area contributed by atoms with E-state index in [4.69, 9.17) is 0 Å². The first-order valence-electron chi connectivity index (χ1n) is 7.53. The van der Waals surface area contributed by atoms with Crippen LogP contribution in [0.3, 0.4) is 0 Å². The van der Waals surface area contributed by atoms with Crippen LogP contribution in [0.25, 0.3) is 0 Å². The molecule has 1 nitrogen and oxygen atoms in total. The zero-order valence-electron chi connectivity index (χ0n) is 13.6. The molecule has 1 rings (SSSR count). The maximum Gasteiger partial charge on any atom is 0.145 e. The summed E-state index contributed by atoms with van der Waals surface area (Å²) >= 11 is 0. The van der Waals surface area contributed by atoms with E-state index in [9.17, 15) is 4.79 Å². The van der Waals surface area contributed by atoms with Crippen LogP contribution in [0.15, 0.2) is 46.6 Å². The zero-order valence-corrected chi connectivity index (χ0v) is 13.6. The van der Waals surface area contributed by atoms with Gasteiger partial charge >= 0.3 is 0 Å². The van der Waals surface area contributed by atoms with Gasteiger partial charge in [0, 0.05) is 0 Å². The predicted octanol–water partition coefficient (Wildman–Crippen LogP) is 5.55. The molecule has 0 fully saturated rings. The average molecular weight is 272 g/mol. The Morgan fingerprint density at radius 1 is 1.25 bits per heavy atom. The molecule has 0 bridgehead atoms. The van der Waals surface area contributed by atoms with E-state index in [0.29, 0.717) is 5.41 Å². The molecule has 0 aliphatic heterocycles. The molecule has 0 N–H and O–H groups in total. The molecule has 0 atom stereocenters. The first-order valence-corrected chi connectivity index (χ1v) is 7.53. The van der Waals surface area contributed by atoms with Crippen LogP contribution in [0.4, 0.5) is 0 Å². The maximum atomic E-state index is 10.5.